The average Bonchev–Trinajstić information content (AvgIpc) is 2.70. The van der Waals surface area contributed by atoms with Crippen LogP contribution in [0, 0.1) is 0 Å². The molecule has 0 saturated heterocycles. The molecular formula is C22H26BrNO4S. The number of dihydropyridines is 1. The summed E-state index contributed by atoms with van der Waals surface area (Å²) in [4.78, 5) is 25.9. The summed E-state index contributed by atoms with van der Waals surface area (Å²) in [6, 6.07) is 5.69. The van der Waals surface area contributed by atoms with Gasteiger partial charge in [0.05, 0.1) is 17.2 Å². The predicted molar refractivity (Wildman–Crippen MR) is 119 cm³/mol. The molecule has 2 aliphatic rings. The first-order valence-electron chi connectivity index (χ1n) is 9.80. The normalized spacial score (nSPS) is 19.0. The minimum absolute atomic E-state index is 0.0926. The number of hydrogen-bond donors (Lipinski definition) is 1. The summed E-state index contributed by atoms with van der Waals surface area (Å²) in [6.07, 6.45) is 2.13. The third-order valence-corrected chi connectivity index (χ3v) is 6.65. The quantitative estimate of drug-likeness (QED) is 0.450. The Kier molecular flexibility index (Phi) is 7.46. The Morgan fingerprint density at radius 3 is 2.83 bits per heavy atom. The first-order valence-corrected chi connectivity index (χ1v) is 11.7. The lowest BCUT2D eigenvalue weighted by atomic mass is 9.75. The molecule has 0 bridgehead atoms. The highest BCUT2D eigenvalue weighted by atomic mass is 79.9. The lowest BCUT2D eigenvalue weighted by Crippen LogP contribution is -2.34. The molecule has 0 saturated carbocycles. The molecule has 1 aromatic carbocycles. The van der Waals surface area contributed by atoms with Crippen molar-refractivity contribution in [2.24, 2.45) is 0 Å². The van der Waals surface area contributed by atoms with Crippen LogP contribution in [0.5, 0.6) is 5.75 Å². The molecular weight excluding hydrogens is 454 g/mol. The van der Waals surface area contributed by atoms with E-state index in [2.05, 4.69) is 28.2 Å². The molecule has 156 valence electrons. The number of benzene rings is 1. The molecule has 1 aliphatic carbocycles. The highest BCUT2D eigenvalue weighted by Gasteiger charge is 2.39. The molecule has 1 atom stereocenters. The van der Waals surface area contributed by atoms with Crippen LogP contribution in [0.1, 0.15) is 44.6 Å². The zero-order valence-electron chi connectivity index (χ0n) is 17.0. The summed E-state index contributed by atoms with van der Waals surface area (Å²) >= 11 is 5.26. The fourth-order valence-electron chi connectivity index (χ4n) is 3.86. The van der Waals surface area contributed by atoms with E-state index >= 15 is 0 Å². The lowest BCUT2D eigenvalue weighted by molar-refractivity contribution is -0.138. The van der Waals surface area contributed by atoms with Crippen molar-refractivity contribution in [1.29, 1.82) is 0 Å². The van der Waals surface area contributed by atoms with Gasteiger partial charge >= 0.3 is 5.97 Å². The summed E-state index contributed by atoms with van der Waals surface area (Å²) in [6.45, 7) is 4.31. The van der Waals surface area contributed by atoms with E-state index in [0.717, 1.165) is 45.8 Å². The summed E-state index contributed by atoms with van der Waals surface area (Å²) in [5.74, 6) is 1.73. The van der Waals surface area contributed by atoms with Gasteiger partial charge in [0.25, 0.3) is 0 Å². The van der Waals surface area contributed by atoms with E-state index in [1.165, 1.54) is 0 Å². The SMILES string of the molecule is CCSCCOC(=O)C1=C(C)NC2=C(C(=O)CCC2)[C@@H]1c1ccc(OC)c(Br)c1. The van der Waals surface area contributed by atoms with E-state index in [1.807, 2.05) is 25.1 Å². The highest BCUT2D eigenvalue weighted by Crippen LogP contribution is 2.43. The van der Waals surface area contributed by atoms with Crippen LogP contribution in [0.25, 0.3) is 0 Å². The Balaban J connectivity index is 2.02. The van der Waals surface area contributed by atoms with E-state index in [1.54, 1.807) is 18.9 Å². The maximum Gasteiger partial charge on any atom is 0.336 e. The van der Waals surface area contributed by atoms with Crippen LogP contribution in [-0.2, 0) is 14.3 Å². The molecule has 1 aliphatic heterocycles. The van der Waals surface area contributed by atoms with Crippen molar-refractivity contribution in [2.75, 3.05) is 25.2 Å². The lowest BCUT2D eigenvalue weighted by Gasteiger charge is -2.34. The van der Waals surface area contributed by atoms with Gasteiger partial charge in [-0.2, -0.15) is 11.8 Å². The number of hydrogen-bond acceptors (Lipinski definition) is 6. The Hall–Kier alpha value is -1.73. The molecule has 0 spiro atoms. The minimum Gasteiger partial charge on any atom is -0.496 e. The van der Waals surface area contributed by atoms with Crippen LogP contribution in [-0.4, -0.2) is 37.0 Å². The molecule has 1 N–H and O–H groups in total. The number of rotatable bonds is 7. The van der Waals surface area contributed by atoms with Gasteiger partial charge in [0.1, 0.15) is 12.4 Å². The minimum atomic E-state index is -0.437. The van der Waals surface area contributed by atoms with E-state index in [9.17, 15) is 9.59 Å². The van der Waals surface area contributed by atoms with Crippen LogP contribution in [0.3, 0.4) is 0 Å². The van der Waals surface area contributed by atoms with Crippen LogP contribution < -0.4 is 10.1 Å². The highest BCUT2D eigenvalue weighted by molar-refractivity contribution is 9.10. The third kappa shape index (κ3) is 4.72. The number of esters is 1. The number of halogens is 1. The summed E-state index contributed by atoms with van der Waals surface area (Å²) in [5, 5.41) is 3.31. The number of ether oxygens (including phenoxy) is 2. The first-order chi connectivity index (χ1) is 14.0. The molecule has 0 radical (unpaired) electrons. The Labute approximate surface area is 184 Å². The standard InChI is InChI=1S/C22H26BrNO4S/c1-4-29-11-10-28-22(26)19-13(2)24-16-6-5-7-17(25)21(16)20(19)14-8-9-18(27-3)15(23)12-14/h8-9,12,20,24H,4-7,10-11H2,1-3H3/t20-/m1/s1. The van der Waals surface area contributed by atoms with Crippen molar-refractivity contribution in [3.8, 4) is 5.75 Å². The van der Waals surface area contributed by atoms with Gasteiger partial charge in [-0.15, -0.1) is 0 Å². The number of Topliss-reactive ketones (excluding diaryl/α,β-unsaturated/α-hetero) is 1. The topological polar surface area (TPSA) is 64.6 Å². The van der Waals surface area contributed by atoms with Gasteiger partial charge in [0.15, 0.2) is 5.78 Å². The van der Waals surface area contributed by atoms with E-state index < -0.39 is 5.92 Å². The molecule has 7 heteroatoms. The number of carbonyl (C=O) groups excluding carboxylic acids is 2. The monoisotopic (exact) mass is 479 g/mol. The molecule has 1 aromatic rings. The Morgan fingerprint density at radius 1 is 1.34 bits per heavy atom. The van der Waals surface area contributed by atoms with Crippen molar-refractivity contribution >= 4 is 39.4 Å². The molecule has 0 aromatic heterocycles. The number of methoxy groups -OCH3 is 1. The van der Waals surface area contributed by atoms with Crippen LogP contribution in [0.15, 0.2) is 45.2 Å². The van der Waals surface area contributed by atoms with E-state index in [-0.39, 0.29) is 11.8 Å². The molecule has 3 rings (SSSR count). The summed E-state index contributed by atoms with van der Waals surface area (Å²) in [5.41, 5.74) is 3.75. The van der Waals surface area contributed by atoms with Crippen LogP contribution in [0.2, 0.25) is 0 Å². The van der Waals surface area contributed by atoms with Gasteiger partial charge in [-0.05, 0) is 59.1 Å². The molecule has 29 heavy (non-hydrogen) atoms. The van der Waals surface area contributed by atoms with Crippen LogP contribution >= 0.6 is 27.7 Å². The first kappa shape index (κ1) is 22.0. The van der Waals surface area contributed by atoms with Gasteiger partial charge in [-0.25, -0.2) is 4.79 Å². The zero-order valence-corrected chi connectivity index (χ0v) is 19.4. The van der Waals surface area contributed by atoms with Gasteiger partial charge in [-0.1, -0.05) is 13.0 Å². The Bertz CT molecular complexity index is 878. The maximum atomic E-state index is 13.0. The van der Waals surface area contributed by atoms with Crippen molar-refractivity contribution in [3.63, 3.8) is 0 Å². The fraction of sp³-hybridized carbons (Fsp3) is 0.455. The maximum absolute atomic E-state index is 13.0. The molecule has 5 nitrogen and oxygen atoms in total. The second-order valence-corrected chi connectivity index (χ2v) is 9.24. The van der Waals surface area contributed by atoms with Gasteiger partial charge in [0.2, 0.25) is 0 Å². The van der Waals surface area contributed by atoms with Gasteiger partial charge in [0, 0.05) is 35.1 Å². The summed E-state index contributed by atoms with van der Waals surface area (Å²) in [7, 11) is 1.61. The van der Waals surface area contributed by atoms with E-state index in [0.29, 0.717) is 29.9 Å². The molecule has 0 amide bonds. The average molecular weight is 480 g/mol. The molecule has 1 heterocycles. The van der Waals surface area contributed by atoms with Crippen molar-refractivity contribution in [1.82, 2.24) is 5.32 Å². The smallest absolute Gasteiger partial charge is 0.336 e. The Morgan fingerprint density at radius 2 is 2.14 bits per heavy atom. The number of nitrogens with one attached hydrogen (secondary N) is 1. The van der Waals surface area contributed by atoms with Crippen molar-refractivity contribution < 1.29 is 19.1 Å². The number of ketones is 1. The summed E-state index contributed by atoms with van der Waals surface area (Å²) < 4.78 is 11.7. The van der Waals surface area contributed by atoms with Crippen molar-refractivity contribution in [2.45, 2.75) is 39.0 Å². The zero-order chi connectivity index (χ0) is 21.0. The third-order valence-electron chi connectivity index (χ3n) is 5.17. The molecule has 0 fully saturated rings. The predicted octanol–water partition coefficient (Wildman–Crippen LogP) is 4.72. The number of thioether (sulfide) groups is 1. The second-order valence-electron chi connectivity index (χ2n) is 6.99. The molecule has 0 unspecified atom stereocenters. The van der Waals surface area contributed by atoms with Gasteiger partial charge < -0.3 is 14.8 Å². The number of carbonyl (C=O) groups is 2. The largest absolute Gasteiger partial charge is 0.496 e. The van der Waals surface area contributed by atoms with Crippen molar-refractivity contribution in [3.05, 3.63) is 50.8 Å². The number of allylic oxidation sites excluding steroid dienone is 3. The van der Waals surface area contributed by atoms with Crippen LogP contribution in [0.4, 0.5) is 0 Å². The fourth-order valence-corrected chi connectivity index (χ4v) is 4.91. The van der Waals surface area contributed by atoms with E-state index in [4.69, 9.17) is 9.47 Å². The second kappa shape index (κ2) is 9.85. The van der Waals surface area contributed by atoms with Gasteiger partial charge in [-0.3, -0.25) is 4.79 Å².